The van der Waals surface area contributed by atoms with Crippen molar-refractivity contribution in [3.63, 3.8) is 0 Å². The second-order valence-corrected chi connectivity index (χ2v) is 4.94. The van der Waals surface area contributed by atoms with Gasteiger partial charge in [-0.25, -0.2) is 4.98 Å². The molecular formula is C10H9BrN4OS. The van der Waals surface area contributed by atoms with Crippen LogP contribution in [0.25, 0.3) is 0 Å². The second-order valence-electron chi connectivity index (χ2n) is 3.34. The van der Waals surface area contributed by atoms with E-state index in [1.54, 1.807) is 25.1 Å². The van der Waals surface area contributed by atoms with Crippen LogP contribution >= 0.6 is 27.5 Å². The largest absolute Gasteiger partial charge is 0.398 e. The number of nitrogens with zero attached hydrogens (tertiary/aromatic N) is 2. The molecule has 1 amide bonds. The van der Waals surface area contributed by atoms with Crippen LogP contribution in [0.5, 0.6) is 0 Å². The van der Waals surface area contributed by atoms with Crippen LogP contribution in [0.3, 0.4) is 0 Å². The van der Waals surface area contributed by atoms with Crippen molar-refractivity contribution < 1.29 is 4.79 Å². The molecule has 0 fully saturated rings. The van der Waals surface area contributed by atoms with Crippen LogP contribution in [0.4, 0.5) is 10.8 Å². The first-order chi connectivity index (χ1) is 8.06. The highest BCUT2D eigenvalue weighted by atomic mass is 79.9. The van der Waals surface area contributed by atoms with Crippen LogP contribution < -0.4 is 11.1 Å². The van der Waals surface area contributed by atoms with Gasteiger partial charge in [-0.1, -0.05) is 0 Å². The monoisotopic (exact) mass is 312 g/mol. The highest BCUT2D eigenvalue weighted by Gasteiger charge is 2.10. The van der Waals surface area contributed by atoms with E-state index in [-0.39, 0.29) is 5.91 Å². The van der Waals surface area contributed by atoms with Crippen molar-refractivity contribution in [2.24, 2.45) is 0 Å². The number of aryl methyl sites for hydroxylation is 1. The van der Waals surface area contributed by atoms with Crippen molar-refractivity contribution in [3.05, 3.63) is 34.1 Å². The summed E-state index contributed by atoms with van der Waals surface area (Å²) >= 11 is 4.42. The molecule has 0 atom stereocenters. The van der Waals surface area contributed by atoms with Gasteiger partial charge in [0.1, 0.15) is 5.82 Å². The Morgan fingerprint density at radius 2 is 2.29 bits per heavy atom. The standard InChI is InChI=1S/C10H9BrN4OS/c1-5-13-10(17-15-5)14-9(16)6-2-3-7(11)8(12)4-6/h2-4H,12H2,1H3,(H,13,14,15,16). The summed E-state index contributed by atoms with van der Waals surface area (Å²) < 4.78 is 4.74. The van der Waals surface area contributed by atoms with Gasteiger partial charge in [0, 0.05) is 27.3 Å². The zero-order valence-electron chi connectivity index (χ0n) is 8.90. The van der Waals surface area contributed by atoms with Crippen molar-refractivity contribution in [1.29, 1.82) is 0 Å². The molecule has 3 N–H and O–H groups in total. The number of carbonyl (C=O) groups is 1. The maximum Gasteiger partial charge on any atom is 0.257 e. The molecule has 0 radical (unpaired) electrons. The summed E-state index contributed by atoms with van der Waals surface area (Å²) in [5.41, 5.74) is 6.71. The lowest BCUT2D eigenvalue weighted by atomic mass is 10.2. The van der Waals surface area contributed by atoms with Gasteiger partial charge in [0.05, 0.1) is 0 Å². The van der Waals surface area contributed by atoms with Crippen LogP contribution in [0.15, 0.2) is 22.7 Å². The Morgan fingerprint density at radius 3 is 2.88 bits per heavy atom. The fourth-order valence-electron chi connectivity index (χ4n) is 1.20. The van der Waals surface area contributed by atoms with Crippen LogP contribution in [-0.2, 0) is 0 Å². The quantitative estimate of drug-likeness (QED) is 0.835. The van der Waals surface area contributed by atoms with Crippen LogP contribution in [0.2, 0.25) is 0 Å². The summed E-state index contributed by atoms with van der Waals surface area (Å²) in [7, 11) is 0. The molecule has 0 aliphatic rings. The number of nitrogens with one attached hydrogen (secondary N) is 1. The number of halogens is 1. The van der Waals surface area contributed by atoms with E-state index in [4.69, 9.17) is 5.73 Å². The Bertz CT molecular complexity index is 569. The number of amides is 1. The second kappa shape index (κ2) is 4.80. The molecule has 0 spiro atoms. The van der Waals surface area contributed by atoms with Gasteiger partial charge in [-0.3, -0.25) is 10.1 Å². The predicted octanol–water partition coefficient (Wildman–Crippen LogP) is 2.44. The molecule has 5 nitrogen and oxygen atoms in total. The van der Waals surface area contributed by atoms with Gasteiger partial charge < -0.3 is 5.73 Å². The Morgan fingerprint density at radius 1 is 1.53 bits per heavy atom. The Balaban J connectivity index is 2.17. The Kier molecular flexibility index (Phi) is 3.39. The minimum Gasteiger partial charge on any atom is -0.398 e. The van der Waals surface area contributed by atoms with Crippen LogP contribution in [-0.4, -0.2) is 15.3 Å². The third-order valence-corrected chi connectivity index (χ3v) is 3.45. The van der Waals surface area contributed by atoms with E-state index in [0.717, 1.165) is 16.0 Å². The first-order valence-corrected chi connectivity index (χ1v) is 6.29. The topological polar surface area (TPSA) is 80.9 Å². The molecule has 7 heteroatoms. The van der Waals surface area contributed by atoms with Gasteiger partial charge >= 0.3 is 0 Å². The Hall–Kier alpha value is -1.47. The summed E-state index contributed by atoms with van der Waals surface area (Å²) in [6.07, 6.45) is 0. The summed E-state index contributed by atoms with van der Waals surface area (Å²) in [5.74, 6) is 0.390. The molecule has 1 aromatic heterocycles. The first-order valence-electron chi connectivity index (χ1n) is 4.73. The van der Waals surface area contributed by atoms with Gasteiger partial charge in [0.25, 0.3) is 5.91 Å². The SMILES string of the molecule is Cc1nsc(NC(=O)c2ccc(Br)c(N)c2)n1. The van der Waals surface area contributed by atoms with E-state index in [1.807, 2.05) is 0 Å². The third-order valence-electron chi connectivity index (χ3n) is 2.01. The van der Waals surface area contributed by atoms with Crippen molar-refractivity contribution >= 4 is 44.2 Å². The molecule has 0 aliphatic carbocycles. The number of aromatic nitrogens is 2. The van der Waals surface area contributed by atoms with E-state index in [1.165, 1.54) is 0 Å². The normalized spacial score (nSPS) is 10.2. The predicted molar refractivity (Wildman–Crippen MR) is 71.2 cm³/mol. The lowest BCUT2D eigenvalue weighted by Gasteiger charge is -2.03. The molecule has 0 aliphatic heterocycles. The highest BCUT2D eigenvalue weighted by molar-refractivity contribution is 9.10. The number of hydrogen-bond donors (Lipinski definition) is 2. The lowest BCUT2D eigenvalue weighted by Crippen LogP contribution is -2.12. The molecule has 88 valence electrons. The van der Waals surface area contributed by atoms with E-state index in [0.29, 0.717) is 22.2 Å². The minimum atomic E-state index is -0.250. The maximum atomic E-state index is 11.8. The van der Waals surface area contributed by atoms with E-state index >= 15 is 0 Å². The van der Waals surface area contributed by atoms with Gasteiger partial charge in [0.15, 0.2) is 0 Å². The average Bonchev–Trinajstić information content (AvgIpc) is 2.68. The first kappa shape index (κ1) is 12.0. The van der Waals surface area contributed by atoms with Crippen molar-refractivity contribution in [1.82, 2.24) is 9.36 Å². The summed E-state index contributed by atoms with van der Waals surface area (Å²) in [6.45, 7) is 1.77. The zero-order chi connectivity index (χ0) is 12.4. The number of anilines is 2. The van der Waals surface area contributed by atoms with E-state index in [2.05, 4.69) is 30.6 Å². The smallest absolute Gasteiger partial charge is 0.257 e. The van der Waals surface area contributed by atoms with Gasteiger partial charge in [-0.15, -0.1) is 0 Å². The number of nitrogens with two attached hydrogens (primary N) is 1. The Labute approximate surface area is 110 Å². The molecule has 1 heterocycles. The average molecular weight is 313 g/mol. The van der Waals surface area contributed by atoms with Crippen molar-refractivity contribution in [2.75, 3.05) is 11.1 Å². The van der Waals surface area contributed by atoms with E-state index < -0.39 is 0 Å². The molecule has 0 saturated carbocycles. The van der Waals surface area contributed by atoms with Gasteiger partial charge in [0.2, 0.25) is 5.13 Å². The molecular weight excluding hydrogens is 304 g/mol. The molecule has 0 saturated heterocycles. The summed E-state index contributed by atoms with van der Waals surface area (Å²) in [5, 5.41) is 3.14. The highest BCUT2D eigenvalue weighted by Crippen LogP contribution is 2.21. The fourth-order valence-corrected chi connectivity index (χ4v) is 2.02. The number of nitrogen functional groups attached to an aromatic ring is 1. The molecule has 0 unspecified atom stereocenters. The van der Waals surface area contributed by atoms with Crippen LogP contribution in [0.1, 0.15) is 16.2 Å². The lowest BCUT2D eigenvalue weighted by molar-refractivity contribution is 0.102. The molecule has 1 aromatic carbocycles. The minimum absolute atomic E-state index is 0.250. The van der Waals surface area contributed by atoms with Crippen LogP contribution in [0, 0.1) is 6.92 Å². The van der Waals surface area contributed by atoms with E-state index in [9.17, 15) is 4.79 Å². The molecule has 17 heavy (non-hydrogen) atoms. The fraction of sp³-hybridized carbons (Fsp3) is 0.100. The third kappa shape index (κ3) is 2.80. The van der Waals surface area contributed by atoms with Gasteiger partial charge in [-0.05, 0) is 41.1 Å². The van der Waals surface area contributed by atoms with Crippen molar-refractivity contribution in [2.45, 2.75) is 6.92 Å². The number of carbonyl (C=O) groups excluding carboxylic acids is 1. The van der Waals surface area contributed by atoms with Crippen molar-refractivity contribution in [3.8, 4) is 0 Å². The molecule has 2 aromatic rings. The maximum absolute atomic E-state index is 11.8. The molecule has 0 bridgehead atoms. The zero-order valence-corrected chi connectivity index (χ0v) is 11.3. The summed E-state index contributed by atoms with van der Waals surface area (Å²) in [6, 6.07) is 5.02. The summed E-state index contributed by atoms with van der Waals surface area (Å²) in [4.78, 5) is 15.9. The van der Waals surface area contributed by atoms with Gasteiger partial charge in [-0.2, -0.15) is 4.37 Å². The molecule has 2 rings (SSSR count). The number of hydrogen-bond acceptors (Lipinski definition) is 5. The number of rotatable bonds is 2. The number of benzene rings is 1.